The van der Waals surface area contributed by atoms with Crippen molar-refractivity contribution in [3.05, 3.63) is 18.2 Å². The minimum absolute atomic E-state index is 0.455. The van der Waals surface area contributed by atoms with Gasteiger partial charge in [0.2, 0.25) is 0 Å². The minimum atomic E-state index is 0.455. The lowest BCUT2D eigenvalue weighted by Gasteiger charge is -2.41. The van der Waals surface area contributed by atoms with Gasteiger partial charge in [-0.3, -0.25) is 4.99 Å². The van der Waals surface area contributed by atoms with Crippen LogP contribution in [0.25, 0.3) is 0 Å². The van der Waals surface area contributed by atoms with E-state index in [1.54, 1.807) is 0 Å². The molecule has 2 saturated carbocycles. The fourth-order valence-corrected chi connectivity index (χ4v) is 3.69. The number of aliphatic imine (C=N–C) groups is 1. The number of fused-ring (bicyclic) bond motifs is 1. The molecule has 124 valence electrons. The summed E-state index contributed by atoms with van der Waals surface area (Å²) in [6.07, 6.45) is 7.65. The molecule has 0 amide bonds. The van der Waals surface area contributed by atoms with E-state index < -0.39 is 0 Å². The molecule has 1 heterocycles. The maximum atomic E-state index is 6.09. The zero-order valence-corrected chi connectivity index (χ0v) is 13.5. The van der Waals surface area contributed by atoms with Crippen LogP contribution in [0, 0.1) is 11.3 Å². The highest BCUT2D eigenvalue weighted by atomic mass is 16.5. The van der Waals surface area contributed by atoms with E-state index in [0.29, 0.717) is 24.6 Å². The van der Waals surface area contributed by atoms with E-state index in [0.717, 1.165) is 36.1 Å². The fraction of sp³-hybridized carbons (Fsp3) is 0.611. The van der Waals surface area contributed by atoms with Gasteiger partial charge in [-0.05, 0) is 49.1 Å². The molecule has 0 unspecified atom stereocenters. The number of rotatable bonds is 4. The first-order chi connectivity index (χ1) is 11.3. The Balaban J connectivity index is 1.41. The minimum Gasteiger partial charge on any atom is -0.490 e. The van der Waals surface area contributed by atoms with Gasteiger partial charge in [0.05, 0.1) is 13.2 Å². The van der Waals surface area contributed by atoms with Gasteiger partial charge in [0, 0.05) is 24.7 Å². The third kappa shape index (κ3) is 3.09. The smallest absolute Gasteiger partial charge is 0.193 e. The molecule has 0 atom stereocenters. The van der Waals surface area contributed by atoms with Crippen molar-refractivity contribution in [2.24, 2.45) is 22.1 Å². The lowest BCUT2D eigenvalue weighted by Crippen LogP contribution is -2.36. The normalized spacial score (nSPS) is 22.9. The molecule has 1 aliphatic heterocycles. The van der Waals surface area contributed by atoms with Gasteiger partial charge in [0.25, 0.3) is 0 Å². The largest absolute Gasteiger partial charge is 0.490 e. The van der Waals surface area contributed by atoms with Crippen LogP contribution in [0.5, 0.6) is 11.5 Å². The molecule has 3 N–H and O–H groups in total. The Bertz CT molecular complexity index is 606. The van der Waals surface area contributed by atoms with Crippen molar-refractivity contribution < 1.29 is 9.47 Å². The van der Waals surface area contributed by atoms with Gasteiger partial charge in [0.15, 0.2) is 17.5 Å². The Kier molecular flexibility index (Phi) is 3.79. The topological polar surface area (TPSA) is 68.9 Å². The number of hydrogen-bond acceptors (Lipinski definition) is 3. The first-order valence-corrected chi connectivity index (χ1v) is 8.72. The highest BCUT2D eigenvalue weighted by Crippen LogP contribution is 2.57. The van der Waals surface area contributed by atoms with Gasteiger partial charge in [-0.1, -0.05) is 6.42 Å². The maximum Gasteiger partial charge on any atom is 0.193 e. The van der Waals surface area contributed by atoms with Gasteiger partial charge in [-0.2, -0.15) is 0 Å². The summed E-state index contributed by atoms with van der Waals surface area (Å²) in [7, 11) is 0. The summed E-state index contributed by atoms with van der Waals surface area (Å²) in [5.41, 5.74) is 7.43. The van der Waals surface area contributed by atoms with Gasteiger partial charge < -0.3 is 20.5 Å². The number of nitrogens with two attached hydrogens (primary N) is 1. The number of guanidine groups is 1. The van der Waals surface area contributed by atoms with Crippen LogP contribution in [0.15, 0.2) is 23.2 Å². The van der Waals surface area contributed by atoms with Crippen molar-refractivity contribution in [1.82, 2.24) is 0 Å². The second-order valence-electron chi connectivity index (χ2n) is 7.03. The van der Waals surface area contributed by atoms with Crippen molar-refractivity contribution in [3.63, 3.8) is 0 Å². The number of nitrogens with one attached hydrogen (secondary N) is 1. The Morgan fingerprint density at radius 1 is 1.17 bits per heavy atom. The van der Waals surface area contributed by atoms with Crippen LogP contribution in [0.1, 0.15) is 38.5 Å². The fourth-order valence-electron chi connectivity index (χ4n) is 3.69. The molecule has 0 saturated heterocycles. The van der Waals surface area contributed by atoms with E-state index in [4.69, 9.17) is 15.2 Å². The average Bonchev–Trinajstić information content (AvgIpc) is 3.32. The Morgan fingerprint density at radius 3 is 2.65 bits per heavy atom. The summed E-state index contributed by atoms with van der Waals surface area (Å²) in [6.45, 7) is 2.25. The first kappa shape index (κ1) is 14.7. The summed E-state index contributed by atoms with van der Waals surface area (Å²) in [5.74, 6) is 2.96. The standard InChI is InChI=1S/C18H25N3O2/c19-17(20-12-18(7-1-8-18)13-3-4-13)21-14-5-6-15-16(11-14)23-10-2-9-22-15/h5-6,11,13H,1-4,7-10,12H2,(H3,19,20,21). The van der Waals surface area contributed by atoms with E-state index in [9.17, 15) is 0 Å². The summed E-state index contributed by atoms with van der Waals surface area (Å²) >= 11 is 0. The Morgan fingerprint density at radius 2 is 1.96 bits per heavy atom. The lowest BCUT2D eigenvalue weighted by molar-refractivity contribution is 0.113. The predicted molar refractivity (Wildman–Crippen MR) is 91.2 cm³/mol. The van der Waals surface area contributed by atoms with Crippen LogP contribution in [0.2, 0.25) is 0 Å². The molecular formula is C18H25N3O2. The zero-order valence-electron chi connectivity index (χ0n) is 13.5. The highest BCUT2D eigenvalue weighted by molar-refractivity contribution is 5.92. The SMILES string of the molecule is NC(=NCC1(C2CC2)CCC1)Nc1ccc2c(c1)OCCCO2. The van der Waals surface area contributed by atoms with Crippen molar-refractivity contribution in [1.29, 1.82) is 0 Å². The second-order valence-corrected chi connectivity index (χ2v) is 7.03. The molecule has 4 rings (SSSR count). The Labute approximate surface area is 137 Å². The third-order valence-electron chi connectivity index (χ3n) is 5.38. The summed E-state index contributed by atoms with van der Waals surface area (Å²) in [6, 6.07) is 5.81. The monoisotopic (exact) mass is 315 g/mol. The second kappa shape index (κ2) is 5.95. The summed E-state index contributed by atoms with van der Waals surface area (Å²) in [5, 5.41) is 3.18. The molecular weight excluding hydrogens is 290 g/mol. The number of nitrogens with zero attached hydrogens (tertiary/aromatic N) is 1. The number of benzene rings is 1. The van der Waals surface area contributed by atoms with E-state index in [2.05, 4.69) is 10.3 Å². The quantitative estimate of drug-likeness (QED) is 0.661. The van der Waals surface area contributed by atoms with Crippen molar-refractivity contribution in [3.8, 4) is 11.5 Å². The molecule has 0 spiro atoms. The number of anilines is 1. The van der Waals surface area contributed by atoms with Crippen LogP contribution < -0.4 is 20.5 Å². The van der Waals surface area contributed by atoms with E-state index >= 15 is 0 Å². The van der Waals surface area contributed by atoms with Gasteiger partial charge in [-0.25, -0.2) is 0 Å². The van der Waals surface area contributed by atoms with Gasteiger partial charge in [0.1, 0.15) is 0 Å². The van der Waals surface area contributed by atoms with Crippen LogP contribution in [-0.4, -0.2) is 25.7 Å². The molecule has 2 fully saturated rings. The van der Waals surface area contributed by atoms with E-state index in [1.165, 1.54) is 32.1 Å². The highest BCUT2D eigenvalue weighted by Gasteiger charge is 2.48. The molecule has 2 aliphatic carbocycles. The zero-order chi connectivity index (χ0) is 15.7. The molecule has 1 aromatic rings. The van der Waals surface area contributed by atoms with Crippen molar-refractivity contribution in [2.75, 3.05) is 25.1 Å². The summed E-state index contributed by atoms with van der Waals surface area (Å²) < 4.78 is 11.3. The van der Waals surface area contributed by atoms with E-state index in [-0.39, 0.29) is 0 Å². The average molecular weight is 315 g/mol. The number of hydrogen-bond donors (Lipinski definition) is 2. The number of ether oxygens (including phenoxy) is 2. The molecule has 0 bridgehead atoms. The molecule has 0 radical (unpaired) electrons. The molecule has 5 nitrogen and oxygen atoms in total. The molecule has 5 heteroatoms. The summed E-state index contributed by atoms with van der Waals surface area (Å²) in [4.78, 5) is 4.62. The van der Waals surface area contributed by atoms with Crippen LogP contribution in [0.3, 0.4) is 0 Å². The molecule has 0 aromatic heterocycles. The molecule has 1 aromatic carbocycles. The van der Waals surface area contributed by atoms with Gasteiger partial charge in [-0.15, -0.1) is 0 Å². The third-order valence-corrected chi connectivity index (χ3v) is 5.38. The maximum absolute atomic E-state index is 6.09. The first-order valence-electron chi connectivity index (χ1n) is 8.72. The molecule has 23 heavy (non-hydrogen) atoms. The van der Waals surface area contributed by atoms with Crippen molar-refractivity contribution in [2.45, 2.75) is 38.5 Å². The Hall–Kier alpha value is -1.91. The van der Waals surface area contributed by atoms with Crippen molar-refractivity contribution >= 4 is 11.6 Å². The lowest BCUT2D eigenvalue weighted by atomic mass is 9.65. The van der Waals surface area contributed by atoms with Crippen LogP contribution in [-0.2, 0) is 0 Å². The predicted octanol–water partition coefficient (Wildman–Crippen LogP) is 3.15. The van der Waals surface area contributed by atoms with E-state index in [1.807, 2.05) is 18.2 Å². The van der Waals surface area contributed by atoms with Gasteiger partial charge >= 0.3 is 0 Å². The molecule has 3 aliphatic rings. The van der Waals surface area contributed by atoms with Crippen LogP contribution >= 0.6 is 0 Å². The van der Waals surface area contributed by atoms with Crippen LogP contribution in [0.4, 0.5) is 5.69 Å².